The van der Waals surface area contributed by atoms with E-state index in [9.17, 15) is 9.90 Å². The molecule has 196 valence electrons. The van der Waals surface area contributed by atoms with Crippen LogP contribution in [0.3, 0.4) is 0 Å². The van der Waals surface area contributed by atoms with Gasteiger partial charge in [0.15, 0.2) is 0 Å². The van der Waals surface area contributed by atoms with Crippen molar-refractivity contribution in [2.75, 3.05) is 33.4 Å². The summed E-state index contributed by atoms with van der Waals surface area (Å²) in [6.07, 6.45) is 4.66. The van der Waals surface area contributed by atoms with Crippen LogP contribution in [0.1, 0.15) is 55.8 Å². The van der Waals surface area contributed by atoms with Crippen LogP contribution in [0.25, 0.3) is 10.9 Å². The van der Waals surface area contributed by atoms with Gasteiger partial charge in [0.25, 0.3) is 0 Å². The van der Waals surface area contributed by atoms with E-state index in [2.05, 4.69) is 40.2 Å². The fourth-order valence-electron chi connectivity index (χ4n) is 6.08. The van der Waals surface area contributed by atoms with Gasteiger partial charge in [0.2, 0.25) is 0 Å². The summed E-state index contributed by atoms with van der Waals surface area (Å²) in [5, 5.41) is 12.1. The summed E-state index contributed by atoms with van der Waals surface area (Å²) >= 11 is 0. The monoisotopic (exact) mass is 502 g/mol. The molecule has 0 amide bonds. The highest BCUT2D eigenvalue weighted by atomic mass is 16.5. The van der Waals surface area contributed by atoms with Crippen LogP contribution >= 0.6 is 0 Å². The number of hydrogen-bond acceptors (Lipinski definition) is 6. The predicted octanol–water partition coefficient (Wildman–Crippen LogP) is 5.36. The lowest BCUT2D eigenvalue weighted by Gasteiger charge is -2.38. The van der Waals surface area contributed by atoms with E-state index in [0.717, 1.165) is 54.7 Å². The van der Waals surface area contributed by atoms with E-state index < -0.39 is 6.10 Å². The molecule has 3 aromatic rings. The highest BCUT2D eigenvalue weighted by Crippen LogP contribution is 2.48. The Labute approximate surface area is 219 Å². The van der Waals surface area contributed by atoms with Crippen LogP contribution in [0.15, 0.2) is 60.8 Å². The Bertz CT molecular complexity index is 1200. The number of pyridine rings is 1. The number of fused-ring (bicyclic) bond motifs is 1. The number of likely N-dealkylation sites (tertiary alicyclic amines) is 1. The Hall–Kier alpha value is -2.96. The standard InChI is InChI=1S/C31H38N2O4/c1-3-37-31(35)28-20-33(19-23-17-26(23)21-7-5-4-6-8-21)16-14-22(28)9-12-30(34)25-13-15-32-29-11-10-24(36-2)18-27(25)29/h4-8,10-11,13,15,18,22-23,26,28,30,34H,3,9,12,14,16-17,19-20H2,1-2H3/t22-,23+,26+,28+,30?/m1/s1. The van der Waals surface area contributed by atoms with Crippen molar-refractivity contribution in [3.8, 4) is 5.75 Å². The number of benzene rings is 2. The van der Waals surface area contributed by atoms with Crippen LogP contribution in [0.5, 0.6) is 5.75 Å². The molecule has 1 aromatic heterocycles. The molecular weight excluding hydrogens is 464 g/mol. The smallest absolute Gasteiger partial charge is 0.310 e. The number of aromatic nitrogens is 1. The van der Waals surface area contributed by atoms with E-state index in [1.165, 1.54) is 12.0 Å². The van der Waals surface area contributed by atoms with Gasteiger partial charge in [-0.25, -0.2) is 0 Å². The summed E-state index contributed by atoms with van der Waals surface area (Å²) in [6, 6.07) is 18.4. The van der Waals surface area contributed by atoms with Crippen molar-refractivity contribution >= 4 is 16.9 Å². The summed E-state index contributed by atoms with van der Waals surface area (Å²) < 4.78 is 10.9. The topological polar surface area (TPSA) is 71.9 Å². The van der Waals surface area contributed by atoms with Crippen molar-refractivity contribution in [1.82, 2.24) is 9.88 Å². The summed E-state index contributed by atoms with van der Waals surface area (Å²) in [6.45, 7) is 5.04. The first kappa shape index (κ1) is 25.7. The first-order chi connectivity index (χ1) is 18.1. The number of methoxy groups -OCH3 is 1. The maximum Gasteiger partial charge on any atom is 0.310 e. The second-order valence-corrected chi connectivity index (χ2v) is 10.6. The third kappa shape index (κ3) is 5.97. The minimum absolute atomic E-state index is 0.0961. The van der Waals surface area contributed by atoms with Gasteiger partial charge in [-0.15, -0.1) is 0 Å². The Balaban J connectivity index is 1.22. The van der Waals surface area contributed by atoms with Crippen molar-refractivity contribution in [1.29, 1.82) is 0 Å². The maximum absolute atomic E-state index is 13.0. The quantitative estimate of drug-likeness (QED) is 0.376. The zero-order chi connectivity index (χ0) is 25.8. The van der Waals surface area contributed by atoms with Crippen LogP contribution in [-0.2, 0) is 9.53 Å². The van der Waals surface area contributed by atoms with Gasteiger partial charge in [-0.3, -0.25) is 9.78 Å². The molecule has 1 saturated carbocycles. The number of piperidine rings is 1. The predicted molar refractivity (Wildman–Crippen MR) is 144 cm³/mol. The molecule has 37 heavy (non-hydrogen) atoms. The summed E-state index contributed by atoms with van der Waals surface area (Å²) in [5.41, 5.74) is 3.12. The van der Waals surface area contributed by atoms with Gasteiger partial charge in [0, 0.05) is 24.7 Å². The molecule has 6 nitrogen and oxygen atoms in total. The molecule has 1 saturated heterocycles. The number of aliphatic hydroxyl groups is 1. The second-order valence-electron chi connectivity index (χ2n) is 10.6. The van der Waals surface area contributed by atoms with Gasteiger partial charge in [-0.1, -0.05) is 30.3 Å². The summed E-state index contributed by atoms with van der Waals surface area (Å²) in [4.78, 5) is 19.9. The fraction of sp³-hybridized carbons (Fsp3) is 0.484. The molecule has 1 N–H and O–H groups in total. The van der Waals surface area contributed by atoms with E-state index in [4.69, 9.17) is 9.47 Å². The third-order valence-electron chi connectivity index (χ3n) is 8.22. The van der Waals surface area contributed by atoms with Crippen molar-refractivity contribution in [2.45, 2.75) is 44.6 Å². The molecule has 2 aliphatic rings. The molecule has 1 aliphatic heterocycles. The zero-order valence-corrected chi connectivity index (χ0v) is 21.9. The number of carbonyl (C=O) groups excluding carboxylic acids is 1. The highest BCUT2D eigenvalue weighted by Gasteiger charge is 2.42. The molecule has 1 unspecified atom stereocenters. The molecule has 2 fully saturated rings. The molecule has 0 radical (unpaired) electrons. The Morgan fingerprint density at radius 2 is 2.00 bits per heavy atom. The van der Waals surface area contributed by atoms with E-state index in [0.29, 0.717) is 24.9 Å². The molecule has 5 rings (SSSR count). The Morgan fingerprint density at radius 3 is 2.78 bits per heavy atom. The number of rotatable bonds is 10. The lowest BCUT2D eigenvalue weighted by molar-refractivity contribution is -0.152. The third-order valence-corrected chi connectivity index (χ3v) is 8.22. The summed E-state index contributed by atoms with van der Waals surface area (Å²) in [5.74, 6) is 2.01. The second kappa shape index (κ2) is 11.6. The van der Waals surface area contributed by atoms with Gasteiger partial charge in [0.05, 0.1) is 31.3 Å². The number of nitrogens with zero attached hydrogens (tertiary/aromatic N) is 2. The first-order valence-corrected chi connectivity index (χ1v) is 13.6. The minimum atomic E-state index is -0.628. The molecule has 0 bridgehead atoms. The van der Waals surface area contributed by atoms with Crippen LogP contribution in [0, 0.1) is 17.8 Å². The largest absolute Gasteiger partial charge is 0.497 e. The minimum Gasteiger partial charge on any atom is -0.497 e. The van der Waals surface area contributed by atoms with Crippen molar-refractivity contribution < 1.29 is 19.4 Å². The van der Waals surface area contributed by atoms with Crippen LogP contribution < -0.4 is 4.74 Å². The fourth-order valence-corrected chi connectivity index (χ4v) is 6.08. The van der Waals surface area contributed by atoms with Gasteiger partial charge >= 0.3 is 5.97 Å². The maximum atomic E-state index is 13.0. The SMILES string of the molecule is CCOC(=O)[C@H]1CN(C[C@@H]2C[C@H]2c2ccccc2)CC[C@H]1CCC(O)c1ccnc2ccc(OC)cc12. The van der Waals surface area contributed by atoms with Gasteiger partial charge < -0.3 is 19.5 Å². The Kier molecular flexibility index (Phi) is 8.06. The van der Waals surface area contributed by atoms with Crippen molar-refractivity contribution in [3.63, 3.8) is 0 Å². The number of ether oxygens (including phenoxy) is 2. The van der Waals surface area contributed by atoms with Gasteiger partial charge in [-0.2, -0.15) is 0 Å². The number of hydrogen-bond donors (Lipinski definition) is 1. The lowest BCUT2D eigenvalue weighted by Crippen LogP contribution is -2.45. The van der Waals surface area contributed by atoms with Crippen molar-refractivity contribution in [3.05, 3.63) is 71.9 Å². The molecule has 2 aromatic carbocycles. The normalized spacial score (nSPS) is 24.5. The van der Waals surface area contributed by atoms with Crippen molar-refractivity contribution in [2.24, 2.45) is 17.8 Å². The molecule has 2 heterocycles. The van der Waals surface area contributed by atoms with E-state index in [1.807, 2.05) is 31.2 Å². The number of esters is 1. The van der Waals surface area contributed by atoms with E-state index >= 15 is 0 Å². The molecular formula is C31H38N2O4. The molecule has 0 spiro atoms. The van der Waals surface area contributed by atoms with Crippen LogP contribution in [-0.4, -0.2) is 54.3 Å². The molecule has 5 atom stereocenters. The molecule has 6 heteroatoms. The van der Waals surface area contributed by atoms with Crippen LogP contribution in [0.2, 0.25) is 0 Å². The van der Waals surface area contributed by atoms with Gasteiger partial charge in [-0.05, 0) is 92.3 Å². The van der Waals surface area contributed by atoms with E-state index in [1.54, 1.807) is 13.3 Å². The number of aliphatic hydroxyl groups excluding tert-OH is 1. The average Bonchev–Trinajstić information content (AvgIpc) is 3.71. The Morgan fingerprint density at radius 1 is 1.16 bits per heavy atom. The van der Waals surface area contributed by atoms with E-state index in [-0.39, 0.29) is 17.8 Å². The number of carbonyl (C=O) groups is 1. The summed E-state index contributed by atoms with van der Waals surface area (Å²) in [7, 11) is 1.64. The zero-order valence-electron chi connectivity index (χ0n) is 21.9. The highest BCUT2D eigenvalue weighted by molar-refractivity contribution is 5.83. The van der Waals surface area contributed by atoms with Crippen LogP contribution in [0.4, 0.5) is 0 Å². The first-order valence-electron chi connectivity index (χ1n) is 13.6. The lowest BCUT2D eigenvalue weighted by atomic mass is 9.81. The average molecular weight is 503 g/mol. The molecule has 1 aliphatic carbocycles. The van der Waals surface area contributed by atoms with Gasteiger partial charge in [0.1, 0.15) is 5.75 Å².